The summed E-state index contributed by atoms with van der Waals surface area (Å²) >= 11 is 0. The van der Waals surface area contributed by atoms with E-state index in [4.69, 9.17) is 0 Å². The van der Waals surface area contributed by atoms with Crippen molar-refractivity contribution in [3.05, 3.63) is 0 Å². The fourth-order valence-corrected chi connectivity index (χ4v) is 4.25. The molecule has 0 radical (unpaired) electrons. The second kappa shape index (κ2) is 7.43. The van der Waals surface area contributed by atoms with Gasteiger partial charge in [-0.05, 0) is 58.9 Å². The molecule has 1 saturated carbocycles. The second-order valence-corrected chi connectivity index (χ2v) is 8.20. The number of piperazine rings is 1. The third kappa shape index (κ3) is 4.67. The van der Waals surface area contributed by atoms with Gasteiger partial charge in [-0.25, -0.2) is 0 Å². The molecule has 3 atom stereocenters. The number of nitrogens with zero attached hydrogens (tertiary/aromatic N) is 2. The Bertz CT molecular complexity index is 302. The number of hydrogen-bond donors (Lipinski definition) is 1. The third-order valence-corrected chi connectivity index (χ3v) is 5.85. The molecule has 0 bridgehead atoms. The van der Waals surface area contributed by atoms with Gasteiger partial charge >= 0.3 is 0 Å². The van der Waals surface area contributed by atoms with Gasteiger partial charge in [-0.2, -0.15) is 0 Å². The summed E-state index contributed by atoms with van der Waals surface area (Å²) in [6.45, 7) is 15.7. The maximum Gasteiger partial charge on any atom is 0.0126 e. The summed E-state index contributed by atoms with van der Waals surface area (Å²) in [6.07, 6.45) is 5.60. The van der Waals surface area contributed by atoms with E-state index < -0.39 is 0 Å². The highest BCUT2D eigenvalue weighted by molar-refractivity contribution is 4.88. The van der Waals surface area contributed by atoms with Gasteiger partial charge in [0.1, 0.15) is 0 Å². The van der Waals surface area contributed by atoms with E-state index in [9.17, 15) is 0 Å². The van der Waals surface area contributed by atoms with E-state index in [1.165, 1.54) is 58.4 Å². The van der Waals surface area contributed by atoms with Crippen LogP contribution in [0.1, 0.15) is 53.4 Å². The predicted molar refractivity (Wildman–Crippen MR) is 91.7 cm³/mol. The Morgan fingerprint density at radius 3 is 2.24 bits per heavy atom. The van der Waals surface area contributed by atoms with Crippen molar-refractivity contribution in [3.8, 4) is 0 Å². The predicted octanol–water partition coefficient (Wildman–Crippen LogP) is 2.82. The molecular formula is C18H37N3. The van der Waals surface area contributed by atoms with Gasteiger partial charge < -0.3 is 10.2 Å². The lowest BCUT2D eigenvalue weighted by Gasteiger charge is -2.44. The molecule has 3 unspecified atom stereocenters. The zero-order chi connectivity index (χ0) is 15.5. The summed E-state index contributed by atoms with van der Waals surface area (Å²) in [5.41, 5.74) is 0.331. The van der Waals surface area contributed by atoms with Crippen LogP contribution in [0, 0.1) is 11.8 Å². The zero-order valence-corrected chi connectivity index (χ0v) is 15.0. The Labute approximate surface area is 132 Å². The Balaban J connectivity index is 1.83. The molecule has 2 rings (SSSR count). The number of nitrogens with one attached hydrogen (secondary N) is 1. The van der Waals surface area contributed by atoms with Crippen molar-refractivity contribution in [2.45, 2.75) is 65.0 Å². The lowest BCUT2D eigenvalue weighted by Crippen LogP contribution is -2.55. The molecule has 124 valence electrons. The average Bonchev–Trinajstić information content (AvgIpc) is 2.46. The average molecular weight is 296 g/mol. The maximum atomic E-state index is 3.58. The van der Waals surface area contributed by atoms with Crippen molar-refractivity contribution in [1.82, 2.24) is 15.1 Å². The molecule has 2 aliphatic rings. The molecule has 0 spiro atoms. The molecule has 0 aromatic rings. The van der Waals surface area contributed by atoms with E-state index in [0.29, 0.717) is 5.54 Å². The van der Waals surface area contributed by atoms with Crippen molar-refractivity contribution >= 4 is 0 Å². The number of rotatable bonds is 4. The van der Waals surface area contributed by atoms with E-state index in [-0.39, 0.29) is 0 Å². The Morgan fingerprint density at radius 2 is 1.71 bits per heavy atom. The quantitative estimate of drug-likeness (QED) is 0.860. The molecule has 1 aliphatic heterocycles. The zero-order valence-electron chi connectivity index (χ0n) is 15.0. The standard InChI is InChI=1S/C18H37N3/c1-6-15-7-8-17(19-5)16(13-15)14-20-9-11-21(12-10-20)18(2,3)4/h15-17,19H,6-14H2,1-5H3. The highest BCUT2D eigenvalue weighted by Crippen LogP contribution is 2.32. The van der Waals surface area contributed by atoms with E-state index in [0.717, 1.165) is 17.9 Å². The molecule has 0 amide bonds. The highest BCUT2D eigenvalue weighted by atomic mass is 15.3. The van der Waals surface area contributed by atoms with Crippen LogP contribution in [-0.2, 0) is 0 Å². The SMILES string of the molecule is CCC1CCC(NC)C(CN2CCN(C(C)(C)C)CC2)C1. The van der Waals surface area contributed by atoms with Gasteiger partial charge in [-0.3, -0.25) is 4.90 Å². The molecule has 1 saturated heterocycles. The van der Waals surface area contributed by atoms with Crippen LogP contribution >= 0.6 is 0 Å². The normalized spacial score (nSPS) is 33.3. The molecule has 1 N–H and O–H groups in total. The Morgan fingerprint density at radius 1 is 1.05 bits per heavy atom. The molecule has 1 heterocycles. The van der Waals surface area contributed by atoms with Crippen molar-refractivity contribution in [2.24, 2.45) is 11.8 Å². The molecule has 0 aromatic carbocycles. The molecule has 3 nitrogen and oxygen atoms in total. The summed E-state index contributed by atoms with van der Waals surface area (Å²) in [6, 6.07) is 0.744. The summed E-state index contributed by atoms with van der Waals surface area (Å²) in [5.74, 6) is 1.82. The molecule has 2 fully saturated rings. The Hall–Kier alpha value is -0.120. The van der Waals surface area contributed by atoms with E-state index in [1.54, 1.807) is 0 Å². The van der Waals surface area contributed by atoms with Crippen molar-refractivity contribution in [1.29, 1.82) is 0 Å². The van der Waals surface area contributed by atoms with Crippen LogP contribution in [-0.4, -0.2) is 61.2 Å². The maximum absolute atomic E-state index is 3.58. The van der Waals surface area contributed by atoms with Crippen LogP contribution < -0.4 is 5.32 Å². The highest BCUT2D eigenvalue weighted by Gasteiger charge is 2.32. The lowest BCUT2D eigenvalue weighted by atomic mass is 9.76. The number of hydrogen-bond acceptors (Lipinski definition) is 3. The molecule has 1 aliphatic carbocycles. The summed E-state index contributed by atoms with van der Waals surface area (Å²) < 4.78 is 0. The van der Waals surface area contributed by atoms with Gasteiger partial charge in [0.15, 0.2) is 0 Å². The first kappa shape index (κ1) is 17.2. The smallest absolute Gasteiger partial charge is 0.0126 e. The van der Waals surface area contributed by atoms with E-state index in [2.05, 4.69) is 49.9 Å². The third-order valence-electron chi connectivity index (χ3n) is 5.85. The Kier molecular flexibility index (Phi) is 6.10. The topological polar surface area (TPSA) is 18.5 Å². The second-order valence-electron chi connectivity index (χ2n) is 8.20. The van der Waals surface area contributed by atoms with E-state index in [1.807, 2.05) is 0 Å². The van der Waals surface area contributed by atoms with Crippen LogP contribution in [0.4, 0.5) is 0 Å². The molecule has 3 heteroatoms. The van der Waals surface area contributed by atoms with Gasteiger partial charge in [-0.1, -0.05) is 13.3 Å². The van der Waals surface area contributed by atoms with Crippen LogP contribution in [0.2, 0.25) is 0 Å². The van der Waals surface area contributed by atoms with Gasteiger partial charge in [0, 0.05) is 44.3 Å². The van der Waals surface area contributed by atoms with Crippen LogP contribution in [0.15, 0.2) is 0 Å². The fraction of sp³-hybridized carbons (Fsp3) is 1.00. The van der Waals surface area contributed by atoms with Crippen LogP contribution in [0.25, 0.3) is 0 Å². The van der Waals surface area contributed by atoms with E-state index >= 15 is 0 Å². The summed E-state index contributed by atoms with van der Waals surface area (Å²) in [5, 5.41) is 3.58. The first-order valence-corrected chi connectivity index (χ1v) is 9.08. The first-order chi connectivity index (χ1) is 9.94. The van der Waals surface area contributed by atoms with Crippen molar-refractivity contribution < 1.29 is 0 Å². The van der Waals surface area contributed by atoms with Gasteiger partial charge in [0.05, 0.1) is 0 Å². The largest absolute Gasteiger partial charge is 0.317 e. The molecule has 0 aromatic heterocycles. The molecule has 21 heavy (non-hydrogen) atoms. The monoisotopic (exact) mass is 295 g/mol. The first-order valence-electron chi connectivity index (χ1n) is 9.08. The minimum Gasteiger partial charge on any atom is -0.317 e. The van der Waals surface area contributed by atoms with Gasteiger partial charge in [0.25, 0.3) is 0 Å². The fourth-order valence-electron chi connectivity index (χ4n) is 4.25. The molecular weight excluding hydrogens is 258 g/mol. The van der Waals surface area contributed by atoms with Gasteiger partial charge in [-0.15, -0.1) is 0 Å². The van der Waals surface area contributed by atoms with Crippen LogP contribution in [0.5, 0.6) is 0 Å². The van der Waals surface area contributed by atoms with Crippen molar-refractivity contribution in [2.75, 3.05) is 39.8 Å². The lowest BCUT2D eigenvalue weighted by molar-refractivity contribution is 0.0447. The van der Waals surface area contributed by atoms with Gasteiger partial charge in [0.2, 0.25) is 0 Å². The summed E-state index contributed by atoms with van der Waals surface area (Å²) in [7, 11) is 2.15. The summed E-state index contributed by atoms with van der Waals surface area (Å²) in [4.78, 5) is 5.35. The minimum atomic E-state index is 0.331. The van der Waals surface area contributed by atoms with Crippen molar-refractivity contribution in [3.63, 3.8) is 0 Å². The van der Waals surface area contributed by atoms with Crippen LogP contribution in [0.3, 0.4) is 0 Å². The minimum absolute atomic E-state index is 0.331.